The van der Waals surface area contributed by atoms with E-state index < -0.39 is 0 Å². The van der Waals surface area contributed by atoms with E-state index in [9.17, 15) is 4.79 Å². The maximum absolute atomic E-state index is 12.3. The molecule has 31 heavy (non-hydrogen) atoms. The monoisotopic (exact) mass is 417 g/mol. The van der Waals surface area contributed by atoms with Crippen LogP contribution in [0.1, 0.15) is 23.6 Å². The minimum Gasteiger partial charge on any atom is -0.490 e. The zero-order valence-electron chi connectivity index (χ0n) is 18.0. The van der Waals surface area contributed by atoms with Gasteiger partial charge in [-0.05, 0) is 79.9 Å². The van der Waals surface area contributed by atoms with Crippen molar-refractivity contribution in [2.45, 2.75) is 20.8 Å². The number of anilines is 2. The molecule has 3 aromatic rings. The van der Waals surface area contributed by atoms with Gasteiger partial charge in [-0.15, -0.1) is 0 Å². The SMILES string of the molecule is CCOc1cc(C=NNc2ccccc2)ccc1OCC(=O)Nc1ccc(C)c(C)c1. The van der Waals surface area contributed by atoms with Crippen molar-refractivity contribution >= 4 is 23.5 Å². The van der Waals surface area contributed by atoms with E-state index in [1.54, 1.807) is 12.3 Å². The van der Waals surface area contributed by atoms with Gasteiger partial charge in [0.25, 0.3) is 5.91 Å². The number of nitrogens with zero attached hydrogens (tertiary/aromatic N) is 1. The molecule has 0 saturated heterocycles. The molecule has 0 aromatic heterocycles. The van der Waals surface area contributed by atoms with Crippen LogP contribution in [-0.2, 0) is 4.79 Å². The van der Waals surface area contributed by atoms with Crippen molar-refractivity contribution in [1.29, 1.82) is 0 Å². The van der Waals surface area contributed by atoms with Gasteiger partial charge in [0.15, 0.2) is 18.1 Å². The van der Waals surface area contributed by atoms with Crippen molar-refractivity contribution < 1.29 is 14.3 Å². The van der Waals surface area contributed by atoms with Gasteiger partial charge >= 0.3 is 0 Å². The first-order valence-corrected chi connectivity index (χ1v) is 10.2. The number of carbonyl (C=O) groups is 1. The highest BCUT2D eigenvalue weighted by Crippen LogP contribution is 2.28. The topological polar surface area (TPSA) is 71.9 Å². The number of aryl methyl sites for hydroxylation is 2. The largest absolute Gasteiger partial charge is 0.490 e. The third-order valence-electron chi connectivity index (χ3n) is 4.60. The van der Waals surface area contributed by atoms with Crippen molar-refractivity contribution in [3.8, 4) is 11.5 Å². The molecule has 6 nitrogen and oxygen atoms in total. The Morgan fingerprint density at radius 1 is 0.903 bits per heavy atom. The van der Waals surface area contributed by atoms with E-state index >= 15 is 0 Å². The Kier molecular flexibility index (Phi) is 7.65. The summed E-state index contributed by atoms with van der Waals surface area (Å²) >= 11 is 0. The lowest BCUT2D eigenvalue weighted by molar-refractivity contribution is -0.118. The van der Waals surface area contributed by atoms with Gasteiger partial charge in [0.1, 0.15) is 0 Å². The van der Waals surface area contributed by atoms with E-state index in [-0.39, 0.29) is 12.5 Å². The number of benzene rings is 3. The molecular weight excluding hydrogens is 390 g/mol. The van der Waals surface area contributed by atoms with E-state index in [0.717, 1.165) is 22.5 Å². The molecule has 160 valence electrons. The fraction of sp³-hybridized carbons (Fsp3) is 0.200. The normalized spacial score (nSPS) is 10.7. The fourth-order valence-corrected chi connectivity index (χ4v) is 2.85. The molecule has 3 rings (SSSR count). The molecule has 0 heterocycles. The number of rotatable bonds is 9. The molecular formula is C25H27N3O3. The highest BCUT2D eigenvalue weighted by Gasteiger charge is 2.10. The highest BCUT2D eigenvalue weighted by atomic mass is 16.5. The quantitative estimate of drug-likeness (QED) is 0.372. The van der Waals surface area contributed by atoms with E-state index in [0.29, 0.717) is 18.1 Å². The highest BCUT2D eigenvalue weighted by molar-refractivity contribution is 5.92. The number of nitrogens with one attached hydrogen (secondary N) is 2. The first kappa shape index (κ1) is 21.9. The lowest BCUT2D eigenvalue weighted by atomic mass is 10.1. The first-order chi connectivity index (χ1) is 15.0. The molecule has 0 aliphatic heterocycles. The van der Waals surface area contributed by atoms with Gasteiger partial charge in [0.05, 0.1) is 18.5 Å². The lowest BCUT2D eigenvalue weighted by Gasteiger charge is -2.13. The molecule has 0 unspecified atom stereocenters. The van der Waals surface area contributed by atoms with Crippen LogP contribution in [0.15, 0.2) is 71.8 Å². The molecule has 2 N–H and O–H groups in total. The lowest BCUT2D eigenvalue weighted by Crippen LogP contribution is -2.20. The molecule has 3 aromatic carbocycles. The van der Waals surface area contributed by atoms with E-state index in [4.69, 9.17) is 9.47 Å². The minimum absolute atomic E-state index is 0.115. The van der Waals surface area contributed by atoms with Gasteiger partial charge in [0, 0.05) is 5.69 Å². The Labute approximate surface area is 182 Å². The maximum atomic E-state index is 12.3. The van der Waals surface area contributed by atoms with Crippen LogP contribution >= 0.6 is 0 Å². The van der Waals surface area contributed by atoms with Crippen molar-refractivity contribution in [3.05, 3.63) is 83.4 Å². The first-order valence-electron chi connectivity index (χ1n) is 10.2. The summed E-state index contributed by atoms with van der Waals surface area (Å²) in [5, 5.41) is 7.09. The summed E-state index contributed by atoms with van der Waals surface area (Å²) in [6.07, 6.45) is 1.70. The van der Waals surface area contributed by atoms with Crippen LogP contribution in [0.5, 0.6) is 11.5 Å². The molecule has 0 spiro atoms. The third-order valence-corrected chi connectivity index (χ3v) is 4.60. The molecule has 0 aliphatic carbocycles. The fourth-order valence-electron chi connectivity index (χ4n) is 2.85. The summed E-state index contributed by atoms with van der Waals surface area (Å²) in [5.41, 5.74) is 7.77. The zero-order valence-corrected chi connectivity index (χ0v) is 18.0. The number of hydrogen-bond donors (Lipinski definition) is 2. The Hall–Kier alpha value is -3.80. The number of amides is 1. The third kappa shape index (κ3) is 6.60. The van der Waals surface area contributed by atoms with Crippen LogP contribution in [0.4, 0.5) is 11.4 Å². The smallest absolute Gasteiger partial charge is 0.262 e. The molecule has 6 heteroatoms. The van der Waals surface area contributed by atoms with Crippen LogP contribution in [0.2, 0.25) is 0 Å². The molecule has 0 radical (unpaired) electrons. The second-order valence-electron chi connectivity index (χ2n) is 7.01. The molecule has 0 atom stereocenters. The molecule has 0 bridgehead atoms. The number of hydrogen-bond acceptors (Lipinski definition) is 5. The van der Waals surface area contributed by atoms with Gasteiger partial charge < -0.3 is 14.8 Å². The van der Waals surface area contributed by atoms with Crippen molar-refractivity contribution in [3.63, 3.8) is 0 Å². The summed E-state index contributed by atoms with van der Waals surface area (Å²) < 4.78 is 11.4. The zero-order chi connectivity index (χ0) is 22.1. The number of para-hydroxylation sites is 1. The summed E-state index contributed by atoms with van der Waals surface area (Å²) in [7, 11) is 0. The molecule has 0 fully saturated rings. The van der Waals surface area contributed by atoms with Gasteiger partial charge in [-0.3, -0.25) is 10.2 Å². The van der Waals surface area contributed by atoms with Crippen LogP contribution in [-0.4, -0.2) is 25.3 Å². The van der Waals surface area contributed by atoms with Crippen LogP contribution in [0.25, 0.3) is 0 Å². The number of hydrazone groups is 1. The average Bonchev–Trinajstić information content (AvgIpc) is 2.77. The molecule has 0 saturated carbocycles. The van der Waals surface area contributed by atoms with Gasteiger partial charge in [-0.25, -0.2) is 0 Å². The van der Waals surface area contributed by atoms with Crippen molar-refractivity contribution in [2.75, 3.05) is 24.0 Å². The van der Waals surface area contributed by atoms with Crippen molar-refractivity contribution in [2.24, 2.45) is 5.10 Å². The van der Waals surface area contributed by atoms with E-state index in [1.165, 1.54) is 5.56 Å². The standard InChI is InChI=1S/C25H27N3O3/c1-4-30-24-15-20(16-26-28-21-8-6-5-7-9-21)11-13-23(24)31-17-25(29)27-22-12-10-18(2)19(3)14-22/h5-16,28H,4,17H2,1-3H3,(H,27,29). The summed E-state index contributed by atoms with van der Waals surface area (Å²) in [4.78, 5) is 12.3. The maximum Gasteiger partial charge on any atom is 0.262 e. The Morgan fingerprint density at radius 3 is 2.45 bits per heavy atom. The predicted octanol–water partition coefficient (Wildman–Crippen LogP) is 5.17. The Bertz CT molecular complexity index is 1050. The van der Waals surface area contributed by atoms with Gasteiger partial charge in [-0.1, -0.05) is 24.3 Å². The Morgan fingerprint density at radius 2 is 1.71 bits per heavy atom. The second kappa shape index (κ2) is 10.8. The van der Waals surface area contributed by atoms with Crippen LogP contribution in [0.3, 0.4) is 0 Å². The van der Waals surface area contributed by atoms with Gasteiger partial charge in [0.2, 0.25) is 0 Å². The number of carbonyl (C=O) groups excluding carboxylic acids is 1. The molecule has 1 amide bonds. The van der Waals surface area contributed by atoms with Crippen LogP contribution < -0.4 is 20.2 Å². The van der Waals surface area contributed by atoms with Crippen LogP contribution in [0, 0.1) is 13.8 Å². The van der Waals surface area contributed by atoms with E-state index in [1.807, 2.05) is 81.4 Å². The summed E-state index contributed by atoms with van der Waals surface area (Å²) in [6, 6.07) is 21.0. The molecule has 0 aliphatic rings. The van der Waals surface area contributed by atoms with E-state index in [2.05, 4.69) is 15.8 Å². The minimum atomic E-state index is -0.233. The second-order valence-corrected chi connectivity index (χ2v) is 7.01. The summed E-state index contributed by atoms with van der Waals surface area (Å²) in [5.74, 6) is 0.832. The van der Waals surface area contributed by atoms with Crippen molar-refractivity contribution in [1.82, 2.24) is 0 Å². The number of ether oxygens (including phenoxy) is 2. The predicted molar refractivity (Wildman–Crippen MR) is 125 cm³/mol. The summed E-state index contributed by atoms with van der Waals surface area (Å²) in [6.45, 7) is 6.31. The Balaban J connectivity index is 1.60. The van der Waals surface area contributed by atoms with Gasteiger partial charge in [-0.2, -0.15) is 5.10 Å². The average molecular weight is 418 g/mol.